The van der Waals surface area contributed by atoms with Crippen molar-refractivity contribution in [3.8, 4) is 17.2 Å². The minimum atomic E-state index is -0.577. The summed E-state index contributed by atoms with van der Waals surface area (Å²) in [6, 6.07) is 11.9. The number of rotatable bonds is 7. The molecule has 3 N–H and O–H groups in total. The topological polar surface area (TPSA) is 82.8 Å². The zero-order chi connectivity index (χ0) is 18.5. The van der Waals surface area contributed by atoms with Crippen molar-refractivity contribution in [2.45, 2.75) is 19.0 Å². The molecule has 26 heavy (non-hydrogen) atoms. The third-order valence-electron chi connectivity index (χ3n) is 4.12. The Morgan fingerprint density at radius 2 is 2.19 bits per heavy atom. The average Bonchev–Trinajstić information content (AvgIpc) is 2.64. The third kappa shape index (κ3) is 4.39. The predicted molar refractivity (Wildman–Crippen MR) is 99.0 cm³/mol. The largest absolute Gasteiger partial charge is 0.493 e. The summed E-state index contributed by atoms with van der Waals surface area (Å²) in [5, 5.41) is 3.84. The maximum atomic E-state index is 10.9. The first-order valence-electron chi connectivity index (χ1n) is 8.28. The van der Waals surface area contributed by atoms with Crippen LogP contribution >= 0.6 is 11.6 Å². The zero-order valence-electron chi connectivity index (χ0n) is 14.5. The van der Waals surface area contributed by atoms with Gasteiger partial charge >= 0.3 is 0 Å². The van der Waals surface area contributed by atoms with E-state index in [0.29, 0.717) is 29.7 Å². The molecule has 0 fully saturated rings. The number of carbonyl (C=O) groups is 1. The van der Waals surface area contributed by atoms with Crippen LogP contribution < -0.4 is 25.3 Å². The van der Waals surface area contributed by atoms with E-state index in [1.165, 1.54) is 12.7 Å². The van der Waals surface area contributed by atoms with Gasteiger partial charge in [0.15, 0.2) is 18.1 Å². The van der Waals surface area contributed by atoms with Crippen molar-refractivity contribution < 1.29 is 19.0 Å². The number of nitrogens with one attached hydrogen (secondary N) is 1. The molecule has 1 aliphatic heterocycles. The molecular formula is C19H21ClN2O4. The van der Waals surface area contributed by atoms with Crippen molar-refractivity contribution in [2.75, 3.05) is 20.3 Å². The van der Waals surface area contributed by atoms with Crippen LogP contribution in [0, 0.1) is 0 Å². The van der Waals surface area contributed by atoms with E-state index in [0.717, 1.165) is 17.7 Å². The Balaban J connectivity index is 1.65. The Morgan fingerprint density at radius 1 is 1.38 bits per heavy atom. The van der Waals surface area contributed by atoms with Gasteiger partial charge in [-0.25, -0.2) is 0 Å². The van der Waals surface area contributed by atoms with Gasteiger partial charge in [0.2, 0.25) is 0 Å². The molecule has 2 aromatic rings. The number of primary amides is 1. The fraction of sp³-hybridized carbons (Fsp3) is 0.316. The highest BCUT2D eigenvalue weighted by Crippen LogP contribution is 2.36. The second-order valence-electron chi connectivity index (χ2n) is 6.06. The van der Waals surface area contributed by atoms with E-state index < -0.39 is 5.91 Å². The fourth-order valence-corrected chi connectivity index (χ4v) is 3.17. The average molecular weight is 377 g/mol. The Kier molecular flexibility index (Phi) is 5.85. The maximum absolute atomic E-state index is 10.9. The van der Waals surface area contributed by atoms with E-state index in [9.17, 15) is 4.79 Å². The lowest BCUT2D eigenvalue weighted by Crippen LogP contribution is -2.38. The minimum Gasteiger partial charge on any atom is -0.493 e. The number of hydrogen-bond donors (Lipinski definition) is 2. The van der Waals surface area contributed by atoms with Gasteiger partial charge in [0, 0.05) is 12.6 Å². The van der Waals surface area contributed by atoms with Crippen LogP contribution in [0.1, 0.15) is 11.1 Å². The first-order chi connectivity index (χ1) is 12.6. The Morgan fingerprint density at radius 3 is 2.96 bits per heavy atom. The van der Waals surface area contributed by atoms with Gasteiger partial charge in [-0.15, -0.1) is 0 Å². The van der Waals surface area contributed by atoms with Gasteiger partial charge in [-0.05, 0) is 35.7 Å². The summed E-state index contributed by atoms with van der Waals surface area (Å²) in [6.45, 7) is 0.955. The van der Waals surface area contributed by atoms with Crippen molar-refractivity contribution >= 4 is 17.5 Å². The van der Waals surface area contributed by atoms with Crippen LogP contribution in [0.15, 0.2) is 36.4 Å². The molecule has 0 aliphatic carbocycles. The lowest BCUT2D eigenvalue weighted by Gasteiger charge is -2.26. The van der Waals surface area contributed by atoms with E-state index >= 15 is 0 Å². The van der Waals surface area contributed by atoms with Crippen molar-refractivity contribution in [3.05, 3.63) is 52.5 Å². The monoisotopic (exact) mass is 376 g/mol. The highest BCUT2D eigenvalue weighted by Gasteiger charge is 2.19. The second-order valence-corrected chi connectivity index (χ2v) is 6.47. The van der Waals surface area contributed by atoms with Crippen molar-refractivity contribution in [2.24, 2.45) is 5.73 Å². The smallest absolute Gasteiger partial charge is 0.255 e. The van der Waals surface area contributed by atoms with Crippen LogP contribution in [0.25, 0.3) is 0 Å². The molecule has 1 amide bonds. The number of carbonyl (C=O) groups excluding carboxylic acids is 1. The van der Waals surface area contributed by atoms with Crippen LogP contribution in [0.2, 0.25) is 5.02 Å². The lowest BCUT2D eigenvalue weighted by molar-refractivity contribution is -0.119. The number of nitrogens with two attached hydrogens (primary N) is 1. The summed E-state index contributed by atoms with van der Waals surface area (Å²) in [7, 11) is 1.52. The molecule has 3 rings (SSSR count). The van der Waals surface area contributed by atoms with Crippen LogP contribution in [0.3, 0.4) is 0 Å². The Hall–Kier alpha value is -2.44. The molecule has 0 spiro atoms. The molecule has 1 atom stereocenters. The van der Waals surface area contributed by atoms with Gasteiger partial charge in [-0.2, -0.15) is 0 Å². The van der Waals surface area contributed by atoms with Gasteiger partial charge in [-0.3, -0.25) is 4.79 Å². The molecule has 0 saturated carbocycles. The first kappa shape index (κ1) is 18.4. The van der Waals surface area contributed by atoms with Crippen molar-refractivity contribution in [1.29, 1.82) is 0 Å². The van der Waals surface area contributed by atoms with Crippen LogP contribution in [-0.4, -0.2) is 32.3 Å². The second kappa shape index (κ2) is 8.29. The number of benzene rings is 2. The molecule has 138 valence electrons. The SMILES string of the molecule is COc1cc(CNC2COc3ccccc3C2)cc(Cl)c1OCC(N)=O. The summed E-state index contributed by atoms with van der Waals surface area (Å²) in [4.78, 5) is 10.9. The van der Waals surface area contributed by atoms with Crippen molar-refractivity contribution in [3.63, 3.8) is 0 Å². The number of ether oxygens (including phenoxy) is 3. The number of hydrogen-bond acceptors (Lipinski definition) is 5. The number of amides is 1. The predicted octanol–water partition coefficient (Wildman–Crippen LogP) is 2.31. The molecule has 6 nitrogen and oxygen atoms in total. The normalized spacial score (nSPS) is 15.7. The summed E-state index contributed by atoms with van der Waals surface area (Å²) in [5.41, 5.74) is 7.24. The van der Waals surface area contributed by atoms with E-state index in [4.69, 9.17) is 31.5 Å². The van der Waals surface area contributed by atoms with E-state index in [1.54, 1.807) is 6.07 Å². The molecule has 7 heteroatoms. The summed E-state index contributed by atoms with van der Waals surface area (Å²) in [6.07, 6.45) is 0.904. The van der Waals surface area contributed by atoms with E-state index in [-0.39, 0.29) is 12.6 Å². The van der Waals surface area contributed by atoms with Gasteiger partial charge in [0.25, 0.3) is 5.91 Å². The van der Waals surface area contributed by atoms with Crippen molar-refractivity contribution in [1.82, 2.24) is 5.32 Å². The quantitative estimate of drug-likeness (QED) is 0.774. The number of fused-ring (bicyclic) bond motifs is 1. The Labute approximate surface area is 157 Å². The standard InChI is InChI=1S/C19H21ClN2O4/c1-24-17-7-12(6-15(20)19(17)26-11-18(21)23)9-22-14-8-13-4-2-3-5-16(13)25-10-14/h2-7,14,22H,8-11H2,1H3,(H2,21,23). The van der Waals surface area contributed by atoms with Gasteiger partial charge in [0.05, 0.1) is 12.1 Å². The van der Waals surface area contributed by atoms with Crippen LogP contribution in [0.4, 0.5) is 0 Å². The van der Waals surface area contributed by atoms with E-state index in [2.05, 4.69) is 11.4 Å². The van der Waals surface area contributed by atoms with Gasteiger partial charge in [-0.1, -0.05) is 29.8 Å². The zero-order valence-corrected chi connectivity index (χ0v) is 15.2. The molecule has 0 bridgehead atoms. The van der Waals surface area contributed by atoms with Gasteiger partial charge < -0.3 is 25.3 Å². The van der Waals surface area contributed by atoms with Gasteiger partial charge in [0.1, 0.15) is 12.4 Å². The third-order valence-corrected chi connectivity index (χ3v) is 4.40. The number of halogens is 1. The molecule has 1 unspecified atom stereocenters. The molecule has 2 aromatic carbocycles. The summed E-state index contributed by atoms with van der Waals surface area (Å²) >= 11 is 6.28. The summed E-state index contributed by atoms with van der Waals surface area (Å²) < 4.78 is 16.4. The highest BCUT2D eigenvalue weighted by atomic mass is 35.5. The van der Waals surface area contributed by atoms with E-state index in [1.807, 2.05) is 24.3 Å². The number of para-hydroxylation sites is 1. The lowest BCUT2D eigenvalue weighted by atomic mass is 10.0. The fourth-order valence-electron chi connectivity index (χ4n) is 2.88. The molecule has 0 saturated heterocycles. The number of methoxy groups -OCH3 is 1. The Bertz CT molecular complexity index is 797. The maximum Gasteiger partial charge on any atom is 0.255 e. The summed E-state index contributed by atoms with van der Waals surface area (Å²) in [5.74, 6) is 1.14. The molecule has 1 aliphatic rings. The molecule has 0 radical (unpaired) electrons. The molecular weight excluding hydrogens is 356 g/mol. The van der Waals surface area contributed by atoms with Crippen LogP contribution in [-0.2, 0) is 17.8 Å². The molecule has 0 aromatic heterocycles. The highest BCUT2D eigenvalue weighted by molar-refractivity contribution is 6.32. The first-order valence-corrected chi connectivity index (χ1v) is 8.66. The van der Waals surface area contributed by atoms with Crippen LogP contribution in [0.5, 0.6) is 17.2 Å². The molecule has 1 heterocycles. The minimum absolute atomic E-state index is 0.209.